The minimum Gasteiger partial charge on any atom is -0.489 e. The molecule has 0 saturated heterocycles. The summed E-state index contributed by atoms with van der Waals surface area (Å²) in [5.41, 5.74) is 9.44. The van der Waals surface area contributed by atoms with E-state index >= 15 is 0 Å². The third-order valence-electron chi connectivity index (χ3n) is 3.56. The molecule has 0 aliphatic rings. The zero-order valence-corrected chi connectivity index (χ0v) is 13.2. The van der Waals surface area contributed by atoms with Crippen molar-refractivity contribution in [2.24, 2.45) is 5.73 Å². The van der Waals surface area contributed by atoms with Gasteiger partial charge in [0.2, 0.25) is 0 Å². The Morgan fingerprint density at radius 1 is 0.952 bits per heavy atom. The molecule has 0 aliphatic heterocycles. The topological polar surface area (TPSA) is 35.2 Å². The van der Waals surface area contributed by atoms with Gasteiger partial charge in [0.05, 0.1) is 0 Å². The van der Waals surface area contributed by atoms with Crippen LogP contribution in [0.15, 0.2) is 48.5 Å². The highest BCUT2D eigenvalue weighted by atomic mass is 16.5. The summed E-state index contributed by atoms with van der Waals surface area (Å²) in [4.78, 5) is 0. The second-order valence-electron chi connectivity index (χ2n) is 6.42. The van der Waals surface area contributed by atoms with Gasteiger partial charge in [-0.15, -0.1) is 0 Å². The Morgan fingerprint density at radius 2 is 1.62 bits per heavy atom. The summed E-state index contributed by atoms with van der Waals surface area (Å²) >= 11 is 0. The second-order valence-corrected chi connectivity index (χ2v) is 6.42. The fourth-order valence-corrected chi connectivity index (χ4v) is 2.19. The van der Waals surface area contributed by atoms with Gasteiger partial charge in [-0.2, -0.15) is 0 Å². The van der Waals surface area contributed by atoms with E-state index in [0.717, 1.165) is 12.2 Å². The lowest BCUT2D eigenvalue weighted by molar-refractivity contribution is 0.305. The first-order valence-corrected chi connectivity index (χ1v) is 7.50. The van der Waals surface area contributed by atoms with Crippen LogP contribution in [0.25, 0.3) is 0 Å². The number of ether oxygens (including phenoxy) is 1. The van der Waals surface area contributed by atoms with Crippen LogP contribution in [-0.4, -0.2) is 6.54 Å². The van der Waals surface area contributed by atoms with Crippen LogP contribution in [-0.2, 0) is 18.4 Å². The van der Waals surface area contributed by atoms with Crippen molar-refractivity contribution in [1.29, 1.82) is 0 Å². The molecule has 2 aromatic carbocycles. The van der Waals surface area contributed by atoms with E-state index in [4.69, 9.17) is 10.5 Å². The van der Waals surface area contributed by atoms with E-state index in [1.165, 1.54) is 16.7 Å². The molecule has 2 rings (SSSR count). The Hall–Kier alpha value is -1.80. The molecule has 2 N–H and O–H groups in total. The Kier molecular flexibility index (Phi) is 5.03. The Balaban J connectivity index is 1.99. The summed E-state index contributed by atoms with van der Waals surface area (Å²) in [6.07, 6.45) is 0.925. The third kappa shape index (κ3) is 4.61. The van der Waals surface area contributed by atoms with Crippen molar-refractivity contribution in [2.45, 2.75) is 39.2 Å². The first-order chi connectivity index (χ1) is 9.99. The molecular formula is C19H25NO. The highest BCUT2D eigenvalue weighted by Gasteiger charge is 2.13. The van der Waals surface area contributed by atoms with Gasteiger partial charge in [0, 0.05) is 0 Å². The Morgan fingerprint density at radius 3 is 2.24 bits per heavy atom. The summed E-state index contributed by atoms with van der Waals surface area (Å²) in [6, 6.07) is 16.8. The van der Waals surface area contributed by atoms with E-state index in [1.807, 2.05) is 6.07 Å². The van der Waals surface area contributed by atoms with Crippen molar-refractivity contribution in [3.63, 3.8) is 0 Å². The van der Waals surface area contributed by atoms with Crippen molar-refractivity contribution >= 4 is 0 Å². The molecular weight excluding hydrogens is 258 g/mol. The van der Waals surface area contributed by atoms with Crippen molar-refractivity contribution in [2.75, 3.05) is 6.54 Å². The van der Waals surface area contributed by atoms with Gasteiger partial charge < -0.3 is 10.5 Å². The smallest absolute Gasteiger partial charge is 0.120 e. The van der Waals surface area contributed by atoms with E-state index in [-0.39, 0.29) is 5.41 Å². The minimum atomic E-state index is 0.142. The average molecular weight is 283 g/mol. The summed E-state index contributed by atoms with van der Waals surface area (Å²) in [6.45, 7) is 7.92. The summed E-state index contributed by atoms with van der Waals surface area (Å²) < 4.78 is 5.90. The van der Waals surface area contributed by atoms with Crippen LogP contribution in [0.5, 0.6) is 5.75 Å². The fourth-order valence-electron chi connectivity index (χ4n) is 2.19. The van der Waals surface area contributed by atoms with Gasteiger partial charge in [0.15, 0.2) is 0 Å². The molecule has 0 spiro atoms. The number of hydrogen-bond donors (Lipinski definition) is 1. The third-order valence-corrected chi connectivity index (χ3v) is 3.56. The van der Waals surface area contributed by atoms with Crippen LogP contribution < -0.4 is 10.5 Å². The number of rotatable bonds is 5. The molecule has 0 unspecified atom stereocenters. The molecule has 0 radical (unpaired) electrons. The van der Waals surface area contributed by atoms with Gasteiger partial charge >= 0.3 is 0 Å². The van der Waals surface area contributed by atoms with Crippen LogP contribution in [0.1, 0.15) is 37.5 Å². The normalized spacial score (nSPS) is 11.4. The highest BCUT2D eigenvalue weighted by molar-refractivity contribution is 5.33. The molecule has 0 saturated carbocycles. The largest absolute Gasteiger partial charge is 0.489 e. The first kappa shape index (κ1) is 15.6. The number of hydrogen-bond acceptors (Lipinski definition) is 2. The molecule has 0 bridgehead atoms. The van der Waals surface area contributed by atoms with E-state index < -0.39 is 0 Å². The maximum Gasteiger partial charge on any atom is 0.120 e. The minimum absolute atomic E-state index is 0.142. The van der Waals surface area contributed by atoms with Gasteiger partial charge in [0.1, 0.15) is 12.4 Å². The van der Waals surface area contributed by atoms with Crippen LogP contribution in [0.3, 0.4) is 0 Å². The zero-order chi connectivity index (χ0) is 15.3. The predicted octanol–water partition coefficient (Wildman–Crippen LogP) is 4.06. The van der Waals surface area contributed by atoms with Crippen molar-refractivity contribution in [1.82, 2.24) is 0 Å². The molecule has 0 heterocycles. The lowest BCUT2D eigenvalue weighted by Crippen LogP contribution is -2.11. The molecule has 21 heavy (non-hydrogen) atoms. The maximum absolute atomic E-state index is 5.90. The maximum atomic E-state index is 5.90. The molecule has 0 atom stereocenters. The molecule has 112 valence electrons. The van der Waals surface area contributed by atoms with E-state index in [1.54, 1.807) is 0 Å². The van der Waals surface area contributed by atoms with Gasteiger partial charge in [0.25, 0.3) is 0 Å². The summed E-state index contributed by atoms with van der Waals surface area (Å²) in [5.74, 6) is 0.924. The highest BCUT2D eigenvalue weighted by Crippen LogP contribution is 2.26. The van der Waals surface area contributed by atoms with Crippen molar-refractivity contribution in [3.05, 3.63) is 65.2 Å². The standard InChI is InChI=1S/C19H25NO/c1-19(2,3)17-5-4-6-18(13-17)21-14-16-9-7-15(8-10-16)11-12-20/h4-10,13H,11-12,14,20H2,1-3H3. The quantitative estimate of drug-likeness (QED) is 0.898. The zero-order valence-electron chi connectivity index (χ0n) is 13.2. The van der Waals surface area contributed by atoms with Crippen molar-refractivity contribution < 1.29 is 4.74 Å². The van der Waals surface area contributed by atoms with E-state index in [0.29, 0.717) is 13.2 Å². The molecule has 0 fully saturated rings. The fraction of sp³-hybridized carbons (Fsp3) is 0.368. The van der Waals surface area contributed by atoms with E-state index in [2.05, 4.69) is 63.2 Å². The first-order valence-electron chi connectivity index (χ1n) is 7.50. The molecule has 0 aromatic heterocycles. The lowest BCUT2D eigenvalue weighted by Gasteiger charge is -2.19. The molecule has 2 heteroatoms. The SMILES string of the molecule is CC(C)(C)c1cccc(OCc2ccc(CCN)cc2)c1. The Bertz CT molecular complexity index is 567. The summed E-state index contributed by atoms with van der Waals surface area (Å²) in [5, 5.41) is 0. The van der Waals surface area contributed by atoms with Crippen LogP contribution in [0.4, 0.5) is 0 Å². The monoisotopic (exact) mass is 283 g/mol. The van der Waals surface area contributed by atoms with Gasteiger partial charge in [-0.25, -0.2) is 0 Å². The van der Waals surface area contributed by atoms with Gasteiger partial charge in [-0.05, 0) is 47.2 Å². The molecule has 0 aliphatic carbocycles. The predicted molar refractivity (Wildman–Crippen MR) is 88.7 cm³/mol. The molecule has 2 aromatic rings. The molecule has 0 amide bonds. The van der Waals surface area contributed by atoms with Crippen molar-refractivity contribution in [3.8, 4) is 5.75 Å². The lowest BCUT2D eigenvalue weighted by atomic mass is 9.87. The second kappa shape index (κ2) is 6.77. The number of nitrogens with two attached hydrogens (primary N) is 1. The van der Waals surface area contributed by atoms with Gasteiger partial charge in [-0.3, -0.25) is 0 Å². The summed E-state index contributed by atoms with van der Waals surface area (Å²) in [7, 11) is 0. The molecule has 2 nitrogen and oxygen atoms in total. The number of benzene rings is 2. The van der Waals surface area contributed by atoms with E-state index in [9.17, 15) is 0 Å². The van der Waals surface area contributed by atoms with Crippen LogP contribution >= 0.6 is 0 Å². The van der Waals surface area contributed by atoms with Crippen LogP contribution in [0.2, 0.25) is 0 Å². The average Bonchev–Trinajstić information content (AvgIpc) is 2.46. The van der Waals surface area contributed by atoms with Gasteiger partial charge in [-0.1, -0.05) is 57.2 Å². The Labute approximate surface area is 127 Å². The van der Waals surface area contributed by atoms with Crippen LogP contribution in [0, 0.1) is 0 Å².